The first kappa shape index (κ1) is 15.1. The summed E-state index contributed by atoms with van der Waals surface area (Å²) < 4.78 is 76.5. The van der Waals surface area contributed by atoms with Crippen molar-refractivity contribution in [2.75, 3.05) is 0 Å². The number of H-pyrrole nitrogens is 1. The average molecular weight is 307 g/mol. The Morgan fingerprint density at radius 1 is 0.905 bits per heavy atom. The molecular formula is C13H7F6NO. The Kier molecular flexibility index (Phi) is 3.56. The Bertz CT molecular complexity index is 714. The van der Waals surface area contributed by atoms with Gasteiger partial charge in [0.2, 0.25) is 0 Å². The summed E-state index contributed by atoms with van der Waals surface area (Å²) in [6.07, 6.45) is -8.77. The van der Waals surface area contributed by atoms with Crippen molar-refractivity contribution in [2.45, 2.75) is 12.4 Å². The number of aromatic nitrogens is 1. The first-order valence-corrected chi connectivity index (χ1v) is 5.57. The molecule has 0 saturated carbocycles. The number of pyridine rings is 1. The van der Waals surface area contributed by atoms with Crippen LogP contribution in [0.15, 0.2) is 41.3 Å². The molecule has 8 heteroatoms. The highest BCUT2D eigenvalue weighted by Crippen LogP contribution is 2.37. The normalized spacial score (nSPS) is 12.5. The lowest BCUT2D eigenvalue weighted by atomic mass is 9.99. The number of hydrogen-bond donors (Lipinski definition) is 1. The smallest absolute Gasteiger partial charge is 0.329 e. The van der Waals surface area contributed by atoms with Crippen LogP contribution in [0, 0.1) is 0 Å². The predicted molar refractivity (Wildman–Crippen MR) is 62.5 cm³/mol. The number of benzene rings is 1. The molecule has 2 nitrogen and oxygen atoms in total. The van der Waals surface area contributed by atoms with Gasteiger partial charge in [0.1, 0.15) is 0 Å². The third-order valence-corrected chi connectivity index (χ3v) is 2.74. The van der Waals surface area contributed by atoms with Crippen LogP contribution in [0.1, 0.15) is 11.1 Å². The van der Waals surface area contributed by atoms with E-state index in [2.05, 4.69) is 0 Å². The highest BCUT2D eigenvalue weighted by atomic mass is 19.4. The molecule has 0 bridgehead atoms. The second-order valence-electron chi connectivity index (χ2n) is 4.17. The monoisotopic (exact) mass is 307 g/mol. The van der Waals surface area contributed by atoms with Gasteiger partial charge in [-0.15, -0.1) is 0 Å². The molecular weight excluding hydrogens is 300 g/mol. The van der Waals surface area contributed by atoms with Gasteiger partial charge in [-0.25, -0.2) is 0 Å². The lowest BCUT2D eigenvalue weighted by Gasteiger charge is -2.13. The molecule has 2 rings (SSSR count). The molecule has 21 heavy (non-hydrogen) atoms. The molecule has 0 unspecified atom stereocenters. The van der Waals surface area contributed by atoms with Crippen LogP contribution in [-0.2, 0) is 12.4 Å². The molecule has 112 valence electrons. The van der Waals surface area contributed by atoms with Gasteiger partial charge in [0, 0.05) is 6.20 Å². The molecule has 0 spiro atoms. The largest absolute Gasteiger partial charge is 0.417 e. The predicted octanol–water partition coefficient (Wildman–Crippen LogP) is 4.08. The van der Waals surface area contributed by atoms with E-state index < -0.39 is 40.2 Å². The lowest BCUT2D eigenvalue weighted by molar-refractivity contribution is -0.137. The van der Waals surface area contributed by atoms with E-state index in [0.717, 1.165) is 18.3 Å². The van der Waals surface area contributed by atoms with E-state index in [1.807, 2.05) is 4.98 Å². The quantitative estimate of drug-likeness (QED) is 0.791. The van der Waals surface area contributed by atoms with Gasteiger partial charge in [0.15, 0.2) is 0 Å². The van der Waals surface area contributed by atoms with E-state index in [-0.39, 0.29) is 0 Å². The van der Waals surface area contributed by atoms with E-state index in [1.54, 1.807) is 0 Å². The van der Waals surface area contributed by atoms with Crippen LogP contribution in [0.2, 0.25) is 0 Å². The van der Waals surface area contributed by atoms with Crippen molar-refractivity contribution in [1.29, 1.82) is 0 Å². The first-order valence-electron chi connectivity index (χ1n) is 5.57. The number of rotatable bonds is 1. The Morgan fingerprint density at radius 3 is 2.14 bits per heavy atom. The van der Waals surface area contributed by atoms with Crippen molar-refractivity contribution in [3.63, 3.8) is 0 Å². The molecule has 0 fully saturated rings. The van der Waals surface area contributed by atoms with E-state index in [0.29, 0.717) is 18.2 Å². The fourth-order valence-corrected chi connectivity index (χ4v) is 1.85. The number of aromatic amines is 1. The van der Waals surface area contributed by atoms with Crippen LogP contribution in [0.3, 0.4) is 0 Å². The second-order valence-corrected chi connectivity index (χ2v) is 4.17. The summed E-state index contributed by atoms with van der Waals surface area (Å²) in [5.74, 6) is 0. The third-order valence-electron chi connectivity index (χ3n) is 2.74. The lowest BCUT2D eigenvalue weighted by Crippen LogP contribution is -2.17. The fraction of sp³-hybridized carbons (Fsp3) is 0.154. The molecule has 1 heterocycles. The molecule has 0 aliphatic carbocycles. The first-order chi connectivity index (χ1) is 9.60. The summed E-state index contributed by atoms with van der Waals surface area (Å²) in [5, 5.41) is 0. The van der Waals surface area contributed by atoms with Crippen molar-refractivity contribution >= 4 is 0 Å². The maximum atomic E-state index is 12.9. The second kappa shape index (κ2) is 4.94. The number of alkyl halides is 6. The molecule has 2 aromatic rings. The third kappa shape index (κ3) is 3.09. The summed E-state index contributed by atoms with van der Waals surface area (Å²) in [6.45, 7) is 0. The summed E-state index contributed by atoms with van der Waals surface area (Å²) in [5.41, 5.74) is -4.80. The van der Waals surface area contributed by atoms with E-state index >= 15 is 0 Å². The molecule has 1 aromatic carbocycles. The van der Waals surface area contributed by atoms with Gasteiger partial charge in [-0.3, -0.25) is 4.79 Å². The van der Waals surface area contributed by atoms with E-state index in [4.69, 9.17) is 0 Å². The van der Waals surface area contributed by atoms with Gasteiger partial charge in [-0.1, -0.05) is 12.1 Å². The number of hydrogen-bond acceptors (Lipinski definition) is 1. The maximum absolute atomic E-state index is 12.9. The Hall–Kier alpha value is -2.25. The molecule has 1 N–H and O–H groups in total. The van der Waals surface area contributed by atoms with Crippen LogP contribution < -0.4 is 5.56 Å². The minimum absolute atomic E-state index is 0.445. The van der Waals surface area contributed by atoms with Gasteiger partial charge in [-0.2, -0.15) is 26.3 Å². The van der Waals surface area contributed by atoms with Crippen molar-refractivity contribution in [3.05, 3.63) is 58.0 Å². The zero-order valence-corrected chi connectivity index (χ0v) is 10.1. The standard InChI is InChI=1S/C13H7F6NO/c14-12(15,16)8-3-1-2-7(6-8)10-9(13(17,18)19)4-5-20-11(10)21/h1-6H,(H,20,21). The zero-order valence-electron chi connectivity index (χ0n) is 10.1. The SMILES string of the molecule is O=c1[nH]ccc(C(F)(F)F)c1-c1cccc(C(F)(F)F)c1. The number of halogens is 6. The minimum atomic E-state index is -4.85. The molecule has 0 amide bonds. The molecule has 1 aromatic heterocycles. The van der Waals surface area contributed by atoms with Gasteiger partial charge < -0.3 is 4.98 Å². The van der Waals surface area contributed by atoms with Crippen LogP contribution in [0.5, 0.6) is 0 Å². The summed E-state index contributed by atoms with van der Waals surface area (Å²) in [6, 6.07) is 3.81. The van der Waals surface area contributed by atoms with E-state index in [1.165, 1.54) is 0 Å². The summed E-state index contributed by atoms with van der Waals surface area (Å²) >= 11 is 0. The van der Waals surface area contributed by atoms with Crippen molar-refractivity contribution < 1.29 is 26.3 Å². The summed E-state index contributed by atoms with van der Waals surface area (Å²) in [7, 11) is 0. The molecule has 0 aliphatic heterocycles. The van der Waals surface area contributed by atoms with Crippen LogP contribution in [0.4, 0.5) is 26.3 Å². The Labute approximate surface area is 114 Å². The zero-order chi connectivity index (χ0) is 15.8. The number of nitrogens with one attached hydrogen (secondary N) is 1. The maximum Gasteiger partial charge on any atom is 0.417 e. The van der Waals surface area contributed by atoms with Gasteiger partial charge in [0.05, 0.1) is 16.7 Å². The Morgan fingerprint density at radius 2 is 1.57 bits per heavy atom. The molecule has 0 atom stereocenters. The van der Waals surface area contributed by atoms with Gasteiger partial charge in [-0.05, 0) is 23.8 Å². The average Bonchev–Trinajstić information content (AvgIpc) is 2.36. The van der Waals surface area contributed by atoms with Crippen molar-refractivity contribution in [2.24, 2.45) is 0 Å². The van der Waals surface area contributed by atoms with Gasteiger partial charge >= 0.3 is 12.4 Å². The van der Waals surface area contributed by atoms with Gasteiger partial charge in [0.25, 0.3) is 5.56 Å². The molecule has 0 aliphatic rings. The van der Waals surface area contributed by atoms with Crippen LogP contribution >= 0.6 is 0 Å². The van der Waals surface area contributed by atoms with Crippen molar-refractivity contribution in [3.8, 4) is 11.1 Å². The molecule has 0 radical (unpaired) electrons. The fourth-order valence-electron chi connectivity index (χ4n) is 1.85. The minimum Gasteiger partial charge on any atom is -0.329 e. The van der Waals surface area contributed by atoms with Crippen LogP contribution in [0.25, 0.3) is 11.1 Å². The van der Waals surface area contributed by atoms with E-state index in [9.17, 15) is 31.1 Å². The van der Waals surface area contributed by atoms with Crippen molar-refractivity contribution in [1.82, 2.24) is 4.98 Å². The topological polar surface area (TPSA) is 32.9 Å². The molecule has 0 saturated heterocycles. The Balaban J connectivity index is 2.71. The highest BCUT2D eigenvalue weighted by Gasteiger charge is 2.36. The summed E-state index contributed by atoms with van der Waals surface area (Å²) in [4.78, 5) is 13.6. The van der Waals surface area contributed by atoms with Crippen LogP contribution in [-0.4, -0.2) is 4.98 Å². The highest BCUT2D eigenvalue weighted by molar-refractivity contribution is 5.67.